The number of hydrogen-bond acceptors (Lipinski definition) is 7. The van der Waals surface area contributed by atoms with Crippen molar-refractivity contribution >= 4 is 17.4 Å². The minimum atomic E-state index is -0.429. The number of anilines is 2. The van der Waals surface area contributed by atoms with Gasteiger partial charge in [-0.2, -0.15) is 5.21 Å². The van der Waals surface area contributed by atoms with Gasteiger partial charge < -0.3 is 10.2 Å². The van der Waals surface area contributed by atoms with Gasteiger partial charge in [-0.3, -0.25) is 19.1 Å². The second-order valence-electron chi connectivity index (χ2n) is 8.73. The van der Waals surface area contributed by atoms with Gasteiger partial charge in [0.25, 0.3) is 5.56 Å². The fourth-order valence-electron chi connectivity index (χ4n) is 4.69. The van der Waals surface area contributed by atoms with Gasteiger partial charge >= 0.3 is 5.69 Å². The van der Waals surface area contributed by atoms with Crippen LogP contribution in [0.4, 0.5) is 11.5 Å². The average Bonchev–Trinajstić information content (AvgIpc) is 3.48. The highest BCUT2D eigenvalue weighted by Gasteiger charge is 2.24. The first-order chi connectivity index (χ1) is 16.0. The van der Waals surface area contributed by atoms with Crippen LogP contribution in [-0.2, 0) is 30.6 Å². The molecule has 0 spiro atoms. The van der Waals surface area contributed by atoms with Crippen LogP contribution in [0.5, 0.6) is 0 Å². The Labute approximate surface area is 189 Å². The minimum Gasteiger partial charge on any atom is -0.342 e. The summed E-state index contributed by atoms with van der Waals surface area (Å²) in [7, 11) is 0. The number of nitrogens with one attached hydrogen (secondary N) is 3. The van der Waals surface area contributed by atoms with E-state index in [0.717, 1.165) is 37.8 Å². The number of benzene rings is 1. The molecule has 0 bridgehead atoms. The number of piperidine rings is 1. The van der Waals surface area contributed by atoms with Gasteiger partial charge in [-0.25, -0.2) is 4.79 Å². The number of carbonyl (C=O) groups excluding carboxylic acids is 1. The third-order valence-corrected chi connectivity index (χ3v) is 6.50. The Balaban J connectivity index is 1.19. The molecule has 0 saturated carbocycles. The van der Waals surface area contributed by atoms with Crippen LogP contribution in [-0.4, -0.2) is 54.1 Å². The molecular formula is C22H26N8O3. The van der Waals surface area contributed by atoms with Crippen LogP contribution in [0.2, 0.25) is 0 Å². The molecule has 1 saturated heterocycles. The summed E-state index contributed by atoms with van der Waals surface area (Å²) in [5.74, 6) is 0.857. The van der Waals surface area contributed by atoms with E-state index in [0.29, 0.717) is 31.3 Å². The third kappa shape index (κ3) is 4.71. The van der Waals surface area contributed by atoms with E-state index >= 15 is 0 Å². The van der Waals surface area contributed by atoms with Crippen molar-refractivity contribution in [2.75, 3.05) is 18.4 Å². The number of rotatable bonds is 6. The smallest absolute Gasteiger partial charge is 0.329 e. The number of H-pyrrole nitrogens is 2. The number of aromatic nitrogens is 6. The van der Waals surface area contributed by atoms with Gasteiger partial charge in [0.1, 0.15) is 5.82 Å². The van der Waals surface area contributed by atoms with Crippen molar-refractivity contribution in [2.24, 2.45) is 5.92 Å². The van der Waals surface area contributed by atoms with Crippen molar-refractivity contribution in [3.8, 4) is 0 Å². The summed E-state index contributed by atoms with van der Waals surface area (Å²) in [5, 5.41) is 16.6. The summed E-state index contributed by atoms with van der Waals surface area (Å²) >= 11 is 0. The third-order valence-electron chi connectivity index (χ3n) is 6.50. The highest BCUT2D eigenvalue weighted by Crippen LogP contribution is 2.26. The Morgan fingerprint density at radius 2 is 1.94 bits per heavy atom. The van der Waals surface area contributed by atoms with E-state index in [-0.39, 0.29) is 23.8 Å². The number of hydrogen-bond donors (Lipinski definition) is 3. The van der Waals surface area contributed by atoms with Crippen LogP contribution in [0, 0.1) is 5.92 Å². The van der Waals surface area contributed by atoms with Crippen molar-refractivity contribution in [1.82, 2.24) is 35.1 Å². The Morgan fingerprint density at radius 3 is 2.70 bits per heavy atom. The fraction of sp³-hybridized carbons (Fsp3) is 0.455. The van der Waals surface area contributed by atoms with E-state index < -0.39 is 5.69 Å². The average molecular weight is 451 g/mol. The minimum absolute atomic E-state index is 0.0492. The topological polar surface area (TPSA) is 142 Å². The molecule has 5 rings (SSSR count). The van der Waals surface area contributed by atoms with E-state index in [4.69, 9.17) is 0 Å². The lowest BCUT2D eigenvalue weighted by atomic mass is 9.96. The van der Waals surface area contributed by atoms with Crippen molar-refractivity contribution < 1.29 is 4.79 Å². The van der Waals surface area contributed by atoms with E-state index in [1.165, 1.54) is 21.8 Å². The number of carbonyl (C=O) groups is 1. The predicted molar refractivity (Wildman–Crippen MR) is 120 cm³/mol. The summed E-state index contributed by atoms with van der Waals surface area (Å²) in [6, 6.07) is 7.59. The number of tetrazole rings is 1. The molecule has 3 heterocycles. The van der Waals surface area contributed by atoms with Crippen LogP contribution in [0.15, 0.2) is 33.9 Å². The van der Waals surface area contributed by atoms with E-state index in [2.05, 4.69) is 43.1 Å². The Kier molecular flexibility index (Phi) is 5.76. The maximum Gasteiger partial charge on any atom is 0.329 e. The molecule has 0 atom stereocenters. The number of aromatic amines is 2. The first-order valence-electron chi connectivity index (χ1n) is 11.3. The highest BCUT2D eigenvalue weighted by atomic mass is 16.2. The Morgan fingerprint density at radius 1 is 1.12 bits per heavy atom. The second kappa shape index (κ2) is 9.00. The number of nitrogens with zero attached hydrogens (tertiary/aromatic N) is 5. The number of aryl methyl sites for hydroxylation is 2. The molecule has 0 unspecified atom stereocenters. The molecule has 1 aliphatic carbocycles. The SMILES string of the molecule is O=C(Cc1nn[nH]n1)N1CCC(Cn2c(=O)cc(Nc3ccc4c(c3)CCC4)[nH]c2=O)CC1. The molecule has 1 fully saturated rings. The van der Waals surface area contributed by atoms with Gasteiger partial charge in [0.2, 0.25) is 5.91 Å². The van der Waals surface area contributed by atoms with Crippen LogP contribution < -0.4 is 16.6 Å². The number of likely N-dealkylation sites (tertiary alicyclic amines) is 1. The fourth-order valence-corrected chi connectivity index (χ4v) is 4.69. The van der Waals surface area contributed by atoms with Gasteiger partial charge in [-0.05, 0) is 61.3 Å². The molecule has 33 heavy (non-hydrogen) atoms. The molecular weight excluding hydrogens is 424 g/mol. The number of fused-ring (bicyclic) bond motifs is 1. The van der Waals surface area contributed by atoms with Gasteiger partial charge in [0.05, 0.1) is 6.42 Å². The first kappa shape index (κ1) is 21.1. The summed E-state index contributed by atoms with van der Waals surface area (Å²) in [6.45, 7) is 1.48. The standard InChI is InChI=1S/C22H26N8O3/c31-20(12-19-25-27-28-26-19)29-8-6-14(7-9-29)13-30-21(32)11-18(24-22(30)33)23-17-5-4-15-2-1-3-16(15)10-17/h4-5,10-11,14,23H,1-3,6-9,12-13H2,(H,24,33)(H,25,26,27,28). The molecule has 172 valence electrons. The molecule has 11 heteroatoms. The van der Waals surface area contributed by atoms with Gasteiger partial charge in [-0.15, -0.1) is 10.2 Å². The zero-order chi connectivity index (χ0) is 22.8. The zero-order valence-corrected chi connectivity index (χ0v) is 18.2. The molecule has 2 aliphatic rings. The van der Waals surface area contributed by atoms with Crippen LogP contribution in [0.25, 0.3) is 0 Å². The molecule has 0 radical (unpaired) electrons. The lowest BCUT2D eigenvalue weighted by Crippen LogP contribution is -2.43. The summed E-state index contributed by atoms with van der Waals surface area (Å²) in [5.41, 5.74) is 2.78. The van der Waals surface area contributed by atoms with Gasteiger partial charge in [-0.1, -0.05) is 11.3 Å². The quantitative estimate of drug-likeness (QED) is 0.503. The predicted octanol–water partition coefficient (Wildman–Crippen LogP) is 0.763. The van der Waals surface area contributed by atoms with Crippen molar-refractivity contribution in [3.63, 3.8) is 0 Å². The molecule has 1 aromatic carbocycles. The van der Waals surface area contributed by atoms with Gasteiger partial charge in [0, 0.05) is 31.4 Å². The maximum absolute atomic E-state index is 12.7. The van der Waals surface area contributed by atoms with E-state index in [1.807, 2.05) is 6.07 Å². The Bertz CT molecular complexity index is 1220. The Hall–Kier alpha value is -3.76. The maximum atomic E-state index is 12.7. The summed E-state index contributed by atoms with van der Waals surface area (Å²) < 4.78 is 1.25. The van der Waals surface area contributed by atoms with Crippen LogP contribution >= 0.6 is 0 Å². The van der Waals surface area contributed by atoms with Crippen molar-refractivity contribution in [1.29, 1.82) is 0 Å². The molecule has 1 aliphatic heterocycles. The van der Waals surface area contributed by atoms with Crippen molar-refractivity contribution in [3.05, 3.63) is 62.1 Å². The number of amides is 1. The second-order valence-corrected chi connectivity index (χ2v) is 8.73. The van der Waals surface area contributed by atoms with E-state index in [1.54, 1.807) is 4.90 Å². The van der Waals surface area contributed by atoms with Crippen LogP contribution in [0.1, 0.15) is 36.2 Å². The molecule has 3 N–H and O–H groups in total. The van der Waals surface area contributed by atoms with E-state index in [9.17, 15) is 14.4 Å². The largest absolute Gasteiger partial charge is 0.342 e. The molecule has 2 aromatic heterocycles. The normalized spacial score (nSPS) is 16.1. The molecule has 11 nitrogen and oxygen atoms in total. The zero-order valence-electron chi connectivity index (χ0n) is 18.2. The first-order valence-corrected chi connectivity index (χ1v) is 11.3. The van der Waals surface area contributed by atoms with Crippen LogP contribution in [0.3, 0.4) is 0 Å². The van der Waals surface area contributed by atoms with Gasteiger partial charge in [0.15, 0.2) is 5.82 Å². The lowest BCUT2D eigenvalue weighted by molar-refractivity contribution is -0.132. The highest BCUT2D eigenvalue weighted by molar-refractivity contribution is 5.78. The monoisotopic (exact) mass is 450 g/mol. The summed E-state index contributed by atoms with van der Waals surface area (Å²) in [6.07, 6.45) is 4.88. The van der Waals surface area contributed by atoms with Crippen molar-refractivity contribution in [2.45, 2.75) is 45.1 Å². The summed E-state index contributed by atoms with van der Waals surface area (Å²) in [4.78, 5) is 42.2. The molecule has 1 amide bonds. The molecule has 3 aromatic rings. The lowest BCUT2D eigenvalue weighted by Gasteiger charge is -2.32.